The maximum Gasteiger partial charge on any atom is 0.308 e. The van der Waals surface area contributed by atoms with Crippen LogP contribution in [0.2, 0.25) is 0 Å². The molecule has 2 aromatic carbocycles. The molecule has 1 heterocycles. The Kier molecular flexibility index (Phi) is 13.7. The molecule has 0 spiro atoms. The summed E-state index contributed by atoms with van der Waals surface area (Å²) in [5, 5.41) is 10.3. The van der Waals surface area contributed by atoms with E-state index in [4.69, 9.17) is 33.2 Å². The van der Waals surface area contributed by atoms with Crippen molar-refractivity contribution in [3.8, 4) is 11.5 Å². The first-order chi connectivity index (χ1) is 20.7. The number of rotatable bonds is 16. The lowest BCUT2D eigenvalue weighted by Crippen LogP contribution is -2.49. The molecule has 9 atom stereocenters. The minimum atomic E-state index is -0.586. The molecule has 9 nitrogen and oxygen atoms in total. The van der Waals surface area contributed by atoms with Gasteiger partial charge >= 0.3 is 5.97 Å². The Morgan fingerprint density at radius 2 is 1.56 bits per heavy atom. The van der Waals surface area contributed by atoms with Crippen LogP contribution in [0.3, 0.4) is 0 Å². The van der Waals surface area contributed by atoms with Gasteiger partial charge in [-0.1, -0.05) is 52.0 Å². The van der Waals surface area contributed by atoms with Gasteiger partial charge in [0.25, 0.3) is 0 Å². The number of aliphatic hydroxyl groups is 1. The highest BCUT2D eigenvalue weighted by atomic mass is 16.7. The molecule has 1 N–H and O–H groups in total. The Bertz CT molecular complexity index is 1090. The van der Waals surface area contributed by atoms with Crippen LogP contribution in [0.1, 0.15) is 64.6 Å². The quantitative estimate of drug-likeness (QED) is 0.241. The number of hydrogen-bond acceptors (Lipinski definition) is 9. The summed E-state index contributed by atoms with van der Waals surface area (Å²) in [7, 11) is 4.94. The molecule has 0 aromatic heterocycles. The molecule has 2 aromatic rings. The van der Waals surface area contributed by atoms with E-state index in [1.165, 1.54) is 0 Å². The zero-order chi connectivity index (χ0) is 31.5. The summed E-state index contributed by atoms with van der Waals surface area (Å²) in [6.45, 7) is 10.8. The smallest absolute Gasteiger partial charge is 0.308 e. The highest BCUT2D eigenvalue weighted by molar-refractivity contribution is 5.70. The fourth-order valence-corrected chi connectivity index (χ4v) is 6.01. The van der Waals surface area contributed by atoms with E-state index in [-0.39, 0.29) is 61.5 Å². The van der Waals surface area contributed by atoms with Crippen LogP contribution >= 0.6 is 0 Å². The van der Waals surface area contributed by atoms with E-state index in [2.05, 4.69) is 20.8 Å². The van der Waals surface area contributed by atoms with Crippen LogP contribution in [0.5, 0.6) is 11.5 Å². The van der Waals surface area contributed by atoms with E-state index in [9.17, 15) is 9.90 Å². The SMILES string of the molecule is CCOC(=O)C[C@H](O[C@H]([C@@H](C)[C@@H](OC)[C@@H](C)[C@@H]1O[C@H](c2ccc(OC)cc2)OC[C@H]1C)[C@@H](C)CO)c1ccc(OC)cc1. The second kappa shape index (κ2) is 17.0. The van der Waals surface area contributed by atoms with Crippen molar-refractivity contribution >= 4 is 5.97 Å². The lowest BCUT2D eigenvalue weighted by Gasteiger charge is -2.44. The number of carbonyl (C=O) groups excluding carboxylic acids is 1. The van der Waals surface area contributed by atoms with Gasteiger partial charge in [-0.05, 0) is 36.8 Å². The molecule has 240 valence electrons. The van der Waals surface area contributed by atoms with E-state index >= 15 is 0 Å². The summed E-state index contributed by atoms with van der Waals surface area (Å²) in [4.78, 5) is 12.6. The van der Waals surface area contributed by atoms with Gasteiger partial charge in [0.1, 0.15) is 11.5 Å². The number of aliphatic hydroxyl groups excluding tert-OH is 1. The van der Waals surface area contributed by atoms with Crippen LogP contribution in [-0.4, -0.2) is 70.5 Å². The zero-order valence-electron chi connectivity index (χ0n) is 26.9. The van der Waals surface area contributed by atoms with E-state index in [0.29, 0.717) is 12.4 Å². The maximum absolute atomic E-state index is 12.6. The summed E-state index contributed by atoms with van der Waals surface area (Å²) < 4.78 is 41.4. The van der Waals surface area contributed by atoms with Crippen molar-refractivity contribution in [1.29, 1.82) is 0 Å². The summed E-state index contributed by atoms with van der Waals surface area (Å²) in [6, 6.07) is 15.2. The van der Waals surface area contributed by atoms with Crippen molar-refractivity contribution in [3.05, 3.63) is 59.7 Å². The van der Waals surface area contributed by atoms with Crippen molar-refractivity contribution in [2.45, 2.75) is 71.7 Å². The third-order valence-electron chi connectivity index (χ3n) is 8.40. The van der Waals surface area contributed by atoms with Gasteiger partial charge in [0.15, 0.2) is 6.29 Å². The summed E-state index contributed by atoms with van der Waals surface area (Å²) >= 11 is 0. The third-order valence-corrected chi connectivity index (χ3v) is 8.40. The lowest BCUT2D eigenvalue weighted by molar-refractivity contribution is -0.260. The molecule has 1 fully saturated rings. The highest BCUT2D eigenvalue weighted by Gasteiger charge is 2.42. The van der Waals surface area contributed by atoms with Crippen LogP contribution in [0.25, 0.3) is 0 Å². The first-order valence-electron chi connectivity index (χ1n) is 15.2. The number of esters is 1. The molecule has 0 saturated carbocycles. The number of hydrogen-bond donors (Lipinski definition) is 1. The predicted molar refractivity (Wildman–Crippen MR) is 163 cm³/mol. The van der Waals surface area contributed by atoms with Gasteiger partial charge in [-0.25, -0.2) is 0 Å². The number of methoxy groups -OCH3 is 3. The first-order valence-corrected chi connectivity index (χ1v) is 15.2. The van der Waals surface area contributed by atoms with E-state index in [1.807, 2.05) is 55.5 Å². The van der Waals surface area contributed by atoms with Crippen molar-refractivity contribution in [1.82, 2.24) is 0 Å². The normalized spacial score (nSPS) is 23.0. The van der Waals surface area contributed by atoms with E-state index in [1.54, 1.807) is 28.3 Å². The number of carbonyl (C=O) groups is 1. The Hall–Kier alpha value is -2.69. The monoisotopic (exact) mass is 602 g/mol. The second-order valence-electron chi connectivity index (χ2n) is 11.5. The summed E-state index contributed by atoms with van der Waals surface area (Å²) in [5.41, 5.74) is 1.74. The van der Waals surface area contributed by atoms with Crippen molar-refractivity contribution in [3.63, 3.8) is 0 Å². The van der Waals surface area contributed by atoms with Gasteiger partial charge < -0.3 is 38.3 Å². The van der Waals surface area contributed by atoms with Crippen LogP contribution in [0.15, 0.2) is 48.5 Å². The fraction of sp³-hybridized carbons (Fsp3) is 0.618. The molecule has 1 aliphatic rings. The average Bonchev–Trinajstić information content (AvgIpc) is 3.03. The Morgan fingerprint density at radius 3 is 2.09 bits per heavy atom. The molecule has 3 rings (SSSR count). The molecule has 9 heteroatoms. The van der Waals surface area contributed by atoms with E-state index in [0.717, 1.165) is 16.9 Å². The zero-order valence-corrected chi connectivity index (χ0v) is 26.9. The lowest BCUT2D eigenvalue weighted by atomic mass is 9.79. The van der Waals surface area contributed by atoms with Gasteiger partial charge in [-0.2, -0.15) is 0 Å². The number of benzene rings is 2. The third kappa shape index (κ3) is 9.16. The minimum absolute atomic E-state index is 0.0401. The molecule has 1 saturated heterocycles. The highest BCUT2D eigenvalue weighted by Crippen LogP contribution is 2.39. The Balaban J connectivity index is 1.85. The van der Waals surface area contributed by atoms with Crippen molar-refractivity contribution in [2.24, 2.45) is 23.7 Å². The van der Waals surface area contributed by atoms with Crippen LogP contribution in [0.4, 0.5) is 0 Å². The van der Waals surface area contributed by atoms with Gasteiger partial charge in [0.05, 0.1) is 58.3 Å². The average molecular weight is 603 g/mol. The van der Waals surface area contributed by atoms with Gasteiger partial charge in [-0.15, -0.1) is 0 Å². The first kappa shape index (κ1) is 34.8. The van der Waals surface area contributed by atoms with Crippen LogP contribution < -0.4 is 9.47 Å². The minimum Gasteiger partial charge on any atom is -0.497 e. The molecule has 0 bridgehead atoms. The van der Waals surface area contributed by atoms with Crippen molar-refractivity contribution < 1.29 is 43.1 Å². The maximum atomic E-state index is 12.6. The molecule has 43 heavy (non-hydrogen) atoms. The summed E-state index contributed by atoms with van der Waals surface area (Å²) in [5.74, 6) is 0.814. The molecular formula is C34H50O9. The Labute approximate surface area is 256 Å². The largest absolute Gasteiger partial charge is 0.497 e. The van der Waals surface area contributed by atoms with Gasteiger partial charge in [0, 0.05) is 43.0 Å². The van der Waals surface area contributed by atoms with Crippen LogP contribution in [-0.2, 0) is 28.5 Å². The van der Waals surface area contributed by atoms with Gasteiger partial charge in [-0.3, -0.25) is 4.79 Å². The predicted octanol–water partition coefficient (Wildman–Crippen LogP) is 5.75. The molecule has 1 aliphatic heterocycles. The fourth-order valence-electron chi connectivity index (χ4n) is 6.01. The molecule has 0 amide bonds. The standard InChI is InChI=1S/C34H50O9/c1-9-40-30(36)18-29(25-10-14-27(37-6)15-11-25)42-31(21(2)19-35)23(4)33(39-8)24(5)32-22(3)20-41-34(43-32)26-12-16-28(38-7)17-13-26/h10-17,21-24,29,31-35H,9,18-20H2,1-8H3/t21-,22+,23+,24-,29-,31-,32+,33+,34+/m0/s1. The van der Waals surface area contributed by atoms with E-state index < -0.39 is 18.5 Å². The van der Waals surface area contributed by atoms with Crippen LogP contribution in [0, 0.1) is 23.7 Å². The molecule has 0 aliphatic carbocycles. The second-order valence-corrected chi connectivity index (χ2v) is 11.5. The van der Waals surface area contributed by atoms with Crippen molar-refractivity contribution in [2.75, 3.05) is 41.2 Å². The molecular weight excluding hydrogens is 552 g/mol. The number of ether oxygens (including phenoxy) is 7. The molecule has 0 unspecified atom stereocenters. The Morgan fingerprint density at radius 1 is 0.953 bits per heavy atom. The topological polar surface area (TPSA) is 102 Å². The molecule has 0 radical (unpaired) electrons. The van der Waals surface area contributed by atoms with Gasteiger partial charge in [0.2, 0.25) is 0 Å². The summed E-state index contributed by atoms with van der Waals surface area (Å²) in [6.07, 6.45) is -1.92.